The van der Waals surface area contributed by atoms with Gasteiger partial charge in [-0.2, -0.15) is 0 Å². The van der Waals surface area contributed by atoms with Crippen LogP contribution in [0.25, 0.3) is 0 Å². The number of carbonyl (C=O) groups excluding carboxylic acids is 2. The molecule has 3 rings (SSSR count). The van der Waals surface area contributed by atoms with Crippen LogP contribution in [0.3, 0.4) is 0 Å². The molecule has 1 unspecified atom stereocenters. The first kappa shape index (κ1) is 17.2. The molecule has 128 valence electrons. The number of esters is 1. The fourth-order valence-corrected chi connectivity index (χ4v) is 4.91. The fraction of sp³-hybridized carbons (Fsp3) is 0.444. The zero-order valence-electron chi connectivity index (χ0n) is 13.9. The third-order valence-electron chi connectivity index (χ3n) is 4.13. The van der Waals surface area contributed by atoms with E-state index in [2.05, 4.69) is 12.2 Å². The molecule has 6 heteroatoms. The molecule has 2 aromatic rings. The van der Waals surface area contributed by atoms with Crippen LogP contribution in [-0.2, 0) is 17.6 Å². The van der Waals surface area contributed by atoms with E-state index in [1.165, 1.54) is 27.6 Å². The molecule has 0 aromatic carbocycles. The maximum Gasteiger partial charge on any atom is 0.341 e. The molecule has 0 fully saturated rings. The lowest BCUT2D eigenvalue weighted by molar-refractivity contribution is 0.0505. The topological polar surface area (TPSA) is 55.4 Å². The number of thiophene rings is 2. The molecule has 0 bridgehead atoms. The second-order valence-corrected chi connectivity index (χ2v) is 8.18. The van der Waals surface area contributed by atoms with Crippen molar-refractivity contribution in [2.24, 2.45) is 5.92 Å². The first-order chi connectivity index (χ1) is 11.6. The van der Waals surface area contributed by atoms with Crippen molar-refractivity contribution in [3.63, 3.8) is 0 Å². The highest BCUT2D eigenvalue weighted by Gasteiger charge is 2.29. The number of hydrogen-bond acceptors (Lipinski definition) is 5. The molecule has 2 aromatic heterocycles. The average Bonchev–Trinajstić information content (AvgIpc) is 3.19. The second kappa shape index (κ2) is 7.49. The molecule has 24 heavy (non-hydrogen) atoms. The van der Waals surface area contributed by atoms with E-state index in [-0.39, 0.29) is 11.9 Å². The Morgan fingerprint density at radius 3 is 2.96 bits per heavy atom. The number of fused-ring (bicyclic) bond motifs is 1. The molecule has 1 amide bonds. The number of amides is 1. The first-order valence-electron chi connectivity index (χ1n) is 8.26. The zero-order chi connectivity index (χ0) is 17.1. The highest BCUT2D eigenvalue weighted by Crippen LogP contribution is 2.40. The Balaban J connectivity index is 1.92. The summed E-state index contributed by atoms with van der Waals surface area (Å²) in [5.41, 5.74) is 1.64. The van der Waals surface area contributed by atoms with Crippen LogP contribution in [0.1, 0.15) is 57.2 Å². The van der Waals surface area contributed by atoms with Gasteiger partial charge >= 0.3 is 5.97 Å². The Bertz CT molecular complexity index is 734. The van der Waals surface area contributed by atoms with E-state index in [4.69, 9.17) is 4.74 Å². The first-order valence-corrected chi connectivity index (χ1v) is 9.96. The summed E-state index contributed by atoms with van der Waals surface area (Å²) in [5.74, 6) is 0.128. The smallest absolute Gasteiger partial charge is 0.341 e. The Kier molecular flexibility index (Phi) is 5.36. The molecular weight excluding hydrogens is 342 g/mol. The monoisotopic (exact) mass is 363 g/mol. The van der Waals surface area contributed by atoms with Crippen molar-refractivity contribution >= 4 is 39.6 Å². The number of nitrogens with one attached hydrogen (secondary N) is 1. The zero-order valence-corrected chi connectivity index (χ0v) is 15.5. The van der Waals surface area contributed by atoms with Crippen molar-refractivity contribution < 1.29 is 14.3 Å². The molecule has 0 saturated heterocycles. The summed E-state index contributed by atoms with van der Waals surface area (Å²) in [5, 5.41) is 5.43. The molecule has 0 spiro atoms. The largest absolute Gasteiger partial charge is 0.462 e. The van der Waals surface area contributed by atoms with E-state index in [0.717, 1.165) is 31.2 Å². The highest BCUT2D eigenvalue weighted by molar-refractivity contribution is 7.17. The van der Waals surface area contributed by atoms with Crippen LogP contribution in [0.5, 0.6) is 0 Å². The SMILES string of the molecule is CCCOC(=O)c1c(NC(=O)c2cccs2)sc2c1CCC(C)C2. The Hall–Kier alpha value is -1.66. The van der Waals surface area contributed by atoms with Crippen LogP contribution < -0.4 is 5.32 Å². The van der Waals surface area contributed by atoms with E-state index in [1.54, 1.807) is 6.07 Å². The molecule has 0 saturated carbocycles. The van der Waals surface area contributed by atoms with Gasteiger partial charge in [0.25, 0.3) is 5.91 Å². The number of rotatable bonds is 5. The van der Waals surface area contributed by atoms with Gasteiger partial charge in [0.1, 0.15) is 5.00 Å². The van der Waals surface area contributed by atoms with E-state index < -0.39 is 0 Å². The molecular formula is C18H21NO3S2. The predicted octanol–water partition coefficient (Wildman–Crippen LogP) is 4.75. The van der Waals surface area contributed by atoms with Gasteiger partial charge in [-0.1, -0.05) is 19.9 Å². The summed E-state index contributed by atoms with van der Waals surface area (Å²) < 4.78 is 5.36. The van der Waals surface area contributed by atoms with E-state index in [1.807, 2.05) is 18.4 Å². The summed E-state index contributed by atoms with van der Waals surface area (Å²) in [6.07, 6.45) is 3.68. The van der Waals surface area contributed by atoms with Crippen molar-refractivity contribution in [1.82, 2.24) is 0 Å². The van der Waals surface area contributed by atoms with Crippen LogP contribution in [0.2, 0.25) is 0 Å². The molecule has 0 radical (unpaired) electrons. The highest BCUT2D eigenvalue weighted by atomic mass is 32.1. The summed E-state index contributed by atoms with van der Waals surface area (Å²) in [4.78, 5) is 26.8. The lowest BCUT2D eigenvalue weighted by atomic mass is 9.88. The van der Waals surface area contributed by atoms with Crippen LogP contribution in [0.4, 0.5) is 5.00 Å². The molecule has 1 atom stereocenters. The molecule has 4 nitrogen and oxygen atoms in total. The predicted molar refractivity (Wildman–Crippen MR) is 98.4 cm³/mol. The minimum absolute atomic E-state index is 0.166. The standard InChI is InChI=1S/C18H21NO3S2/c1-3-8-22-18(21)15-12-7-6-11(2)10-14(12)24-17(15)19-16(20)13-5-4-9-23-13/h4-5,9,11H,3,6-8,10H2,1-2H3,(H,19,20). The molecule has 1 aliphatic rings. The lowest BCUT2D eigenvalue weighted by Gasteiger charge is -2.18. The summed E-state index contributed by atoms with van der Waals surface area (Å²) in [6.45, 7) is 4.59. The van der Waals surface area contributed by atoms with Crippen LogP contribution in [0.15, 0.2) is 17.5 Å². The van der Waals surface area contributed by atoms with Crippen molar-refractivity contribution in [3.8, 4) is 0 Å². The van der Waals surface area contributed by atoms with E-state index >= 15 is 0 Å². The van der Waals surface area contributed by atoms with Crippen molar-refractivity contribution in [1.29, 1.82) is 0 Å². The minimum Gasteiger partial charge on any atom is -0.462 e. The summed E-state index contributed by atoms with van der Waals surface area (Å²) >= 11 is 2.92. The third-order valence-corrected chi connectivity index (χ3v) is 6.16. The number of carbonyl (C=O) groups is 2. The van der Waals surface area contributed by atoms with Gasteiger partial charge in [-0.3, -0.25) is 4.79 Å². The van der Waals surface area contributed by atoms with Crippen LogP contribution in [0, 0.1) is 5.92 Å². The Morgan fingerprint density at radius 2 is 2.25 bits per heavy atom. The third kappa shape index (κ3) is 3.54. The molecule has 1 N–H and O–H groups in total. The second-order valence-electron chi connectivity index (χ2n) is 6.12. The van der Waals surface area contributed by atoms with Gasteiger partial charge in [0.15, 0.2) is 0 Å². The summed E-state index contributed by atoms with van der Waals surface area (Å²) in [7, 11) is 0. The van der Waals surface area contributed by atoms with Gasteiger partial charge in [-0.05, 0) is 48.6 Å². The number of anilines is 1. The Morgan fingerprint density at radius 1 is 1.42 bits per heavy atom. The normalized spacial score (nSPS) is 16.5. The van der Waals surface area contributed by atoms with Gasteiger partial charge in [-0.25, -0.2) is 4.79 Å². The number of ether oxygens (including phenoxy) is 1. The summed E-state index contributed by atoms with van der Waals surface area (Å²) in [6, 6.07) is 3.63. The Labute approximate surface area is 149 Å². The molecule has 0 aliphatic heterocycles. The van der Waals surface area contributed by atoms with Gasteiger partial charge in [0, 0.05) is 4.88 Å². The van der Waals surface area contributed by atoms with Gasteiger partial charge in [0.05, 0.1) is 17.0 Å². The van der Waals surface area contributed by atoms with Crippen molar-refractivity contribution in [2.45, 2.75) is 39.5 Å². The van der Waals surface area contributed by atoms with Crippen LogP contribution >= 0.6 is 22.7 Å². The maximum atomic E-state index is 12.5. The number of hydrogen-bond donors (Lipinski definition) is 1. The molecule has 1 aliphatic carbocycles. The average molecular weight is 364 g/mol. The van der Waals surface area contributed by atoms with E-state index in [0.29, 0.717) is 28.0 Å². The van der Waals surface area contributed by atoms with Crippen molar-refractivity contribution in [2.75, 3.05) is 11.9 Å². The fourth-order valence-electron chi connectivity index (χ4n) is 2.89. The van der Waals surface area contributed by atoms with Gasteiger partial charge < -0.3 is 10.1 Å². The van der Waals surface area contributed by atoms with Crippen LogP contribution in [-0.4, -0.2) is 18.5 Å². The molecule has 2 heterocycles. The maximum absolute atomic E-state index is 12.5. The minimum atomic E-state index is -0.314. The lowest BCUT2D eigenvalue weighted by Crippen LogP contribution is -2.16. The van der Waals surface area contributed by atoms with Gasteiger partial charge in [-0.15, -0.1) is 22.7 Å². The van der Waals surface area contributed by atoms with Crippen molar-refractivity contribution in [3.05, 3.63) is 38.4 Å². The van der Waals surface area contributed by atoms with Gasteiger partial charge in [0.2, 0.25) is 0 Å². The quantitative estimate of drug-likeness (QED) is 0.780. The van der Waals surface area contributed by atoms with E-state index in [9.17, 15) is 9.59 Å².